The summed E-state index contributed by atoms with van der Waals surface area (Å²) in [5.41, 5.74) is 0.440. The number of hydrogen-bond donors (Lipinski definition) is 2. The maximum absolute atomic E-state index is 14.6. The van der Waals surface area contributed by atoms with Gasteiger partial charge in [0.05, 0.1) is 37.6 Å². The summed E-state index contributed by atoms with van der Waals surface area (Å²) < 4.78 is 49.8. The van der Waals surface area contributed by atoms with Gasteiger partial charge in [-0.3, -0.25) is 19.4 Å². The van der Waals surface area contributed by atoms with Gasteiger partial charge in [0, 0.05) is 26.0 Å². The highest BCUT2D eigenvalue weighted by molar-refractivity contribution is 6.20. The summed E-state index contributed by atoms with van der Waals surface area (Å²) in [6.07, 6.45) is -2.52. The van der Waals surface area contributed by atoms with Crippen LogP contribution in [0.1, 0.15) is 13.8 Å². The molecule has 4 amide bonds. The van der Waals surface area contributed by atoms with E-state index in [9.17, 15) is 28.0 Å². The molecule has 0 spiro atoms. The standard InChI is InChI=1S/C24H24BF2N4O8/c1-13(32)28-9-17-11-30(23(34)36-17)15-3-5-21(19(26)7-15)38-25-39-22-6-4-16(8-20(22)27)31-12-18(37-24(31)35)10-29-14(2)33/h3-8,17-18H,9-12H2,1-2H3,(H,28,32)(H,29,33). The molecule has 15 heteroatoms. The van der Waals surface area contributed by atoms with Crippen LogP contribution < -0.4 is 29.7 Å². The Balaban J connectivity index is 1.30. The summed E-state index contributed by atoms with van der Waals surface area (Å²) in [5, 5.41) is 5.11. The molecule has 2 aliphatic rings. The van der Waals surface area contributed by atoms with E-state index in [4.69, 9.17) is 18.8 Å². The Hall–Kier alpha value is -4.56. The minimum atomic E-state index is -0.817. The van der Waals surface area contributed by atoms with Gasteiger partial charge in [-0.15, -0.1) is 0 Å². The number of nitrogens with one attached hydrogen (secondary N) is 2. The van der Waals surface area contributed by atoms with E-state index in [1.807, 2.05) is 0 Å². The first-order valence-electron chi connectivity index (χ1n) is 11.8. The minimum absolute atomic E-state index is 0.119. The molecule has 39 heavy (non-hydrogen) atoms. The maximum Gasteiger partial charge on any atom is 0.658 e. The van der Waals surface area contributed by atoms with Gasteiger partial charge in [0.1, 0.15) is 23.7 Å². The van der Waals surface area contributed by atoms with Crippen LogP contribution in [0.5, 0.6) is 11.5 Å². The van der Waals surface area contributed by atoms with Crippen molar-refractivity contribution in [3.05, 3.63) is 48.0 Å². The first kappa shape index (κ1) is 27.5. The second kappa shape index (κ2) is 11.9. The molecule has 2 fully saturated rings. The molecule has 1 radical (unpaired) electrons. The van der Waals surface area contributed by atoms with E-state index in [0.717, 1.165) is 19.8 Å². The molecule has 2 saturated heterocycles. The third-order valence-electron chi connectivity index (χ3n) is 5.71. The quantitative estimate of drug-likeness (QED) is 0.433. The Morgan fingerprint density at radius 1 is 0.846 bits per heavy atom. The first-order valence-corrected chi connectivity index (χ1v) is 11.8. The van der Waals surface area contributed by atoms with Crippen molar-refractivity contribution < 1.29 is 46.7 Å². The van der Waals surface area contributed by atoms with Crippen LogP contribution in [-0.4, -0.2) is 70.1 Å². The fourth-order valence-corrected chi connectivity index (χ4v) is 3.83. The van der Waals surface area contributed by atoms with Crippen molar-refractivity contribution in [2.24, 2.45) is 0 Å². The van der Waals surface area contributed by atoms with E-state index in [2.05, 4.69) is 10.6 Å². The minimum Gasteiger partial charge on any atom is -0.524 e. The van der Waals surface area contributed by atoms with Gasteiger partial charge in [-0.1, -0.05) is 0 Å². The van der Waals surface area contributed by atoms with E-state index in [1.165, 1.54) is 47.9 Å². The summed E-state index contributed by atoms with van der Waals surface area (Å²) >= 11 is 0. The normalized spacial score (nSPS) is 18.4. The van der Waals surface area contributed by atoms with Gasteiger partial charge in [-0.2, -0.15) is 0 Å². The molecule has 2 N–H and O–H groups in total. The SMILES string of the molecule is CC(=O)NCC1CN(c2ccc(O[B]Oc3ccc(N4CC(CNC(C)=O)OC4=O)cc3F)c(F)c2)C(=O)O1. The molecule has 12 nitrogen and oxygen atoms in total. The summed E-state index contributed by atoms with van der Waals surface area (Å²) in [5.74, 6) is -2.66. The predicted molar refractivity (Wildman–Crippen MR) is 132 cm³/mol. The van der Waals surface area contributed by atoms with Gasteiger partial charge >= 0.3 is 19.9 Å². The molecule has 0 bridgehead atoms. The van der Waals surface area contributed by atoms with Crippen molar-refractivity contribution >= 4 is 43.1 Å². The molecule has 2 aromatic carbocycles. The Kier molecular flexibility index (Phi) is 8.37. The third-order valence-corrected chi connectivity index (χ3v) is 5.71. The van der Waals surface area contributed by atoms with Crippen molar-refractivity contribution in [1.29, 1.82) is 0 Å². The Labute approximate surface area is 222 Å². The highest BCUT2D eigenvalue weighted by Gasteiger charge is 2.34. The molecule has 2 heterocycles. The number of carbonyl (C=O) groups is 4. The van der Waals surface area contributed by atoms with E-state index >= 15 is 0 Å². The number of ether oxygens (including phenoxy) is 2. The Morgan fingerprint density at radius 3 is 1.62 bits per heavy atom. The van der Waals surface area contributed by atoms with Crippen molar-refractivity contribution in [2.45, 2.75) is 26.1 Å². The fraction of sp³-hybridized carbons (Fsp3) is 0.333. The van der Waals surface area contributed by atoms with Crippen molar-refractivity contribution in [3.8, 4) is 11.5 Å². The average molecular weight is 545 g/mol. The van der Waals surface area contributed by atoms with E-state index in [0.29, 0.717) is 0 Å². The van der Waals surface area contributed by atoms with Gasteiger partial charge in [0.2, 0.25) is 11.8 Å². The number of rotatable bonds is 10. The summed E-state index contributed by atoms with van der Waals surface area (Å²) in [4.78, 5) is 48.8. The topological polar surface area (TPSA) is 136 Å². The molecule has 2 aromatic rings. The van der Waals surface area contributed by atoms with Crippen molar-refractivity contribution in [3.63, 3.8) is 0 Å². The molecule has 0 saturated carbocycles. The Bertz CT molecular complexity index is 1190. The highest BCUT2D eigenvalue weighted by Crippen LogP contribution is 2.29. The van der Waals surface area contributed by atoms with E-state index in [1.54, 1.807) is 0 Å². The zero-order valence-corrected chi connectivity index (χ0v) is 20.9. The van der Waals surface area contributed by atoms with Crippen LogP contribution in [0.2, 0.25) is 0 Å². The summed E-state index contributed by atoms with van der Waals surface area (Å²) in [6.45, 7) is 3.18. The molecule has 205 valence electrons. The lowest BCUT2D eigenvalue weighted by Crippen LogP contribution is -2.33. The number of hydrogen-bond acceptors (Lipinski definition) is 8. The number of amides is 4. The predicted octanol–water partition coefficient (Wildman–Crippen LogP) is 1.88. The number of nitrogens with zero attached hydrogens (tertiary/aromatic N) is 2. The van der Waals surface area contributed by atoms with E-state index < -0.39 is 36.0 Å². The van der Waals surface area contributed by atoms with E-state index in [-0.39, 0.29) is 60.9 Å². The molecular formula is C24H24BF2N4O8. The lowest BCUT2D eigenvalue weighted by molar-refractivity contribution is -0.120. The second-order valence-corrected chi connectivity index (χ2v) is 8.67. The number of halogens is 2. The highest BCUT2D eigenvalue weighted by atomic mass is 19.1. The molecule has 2 atom stereocenters. The van der Waals surface area contributed by atoms with Crippen LogP contribution in [-0.2, 0) is 19.1 Å². The van der Waals surface area contributed by atoms with Crippen LogP contribution in [0.25, 0.3) is 0 Å². The molecule has 0 aromatic heterocycles. The van der Waals surface area contributed by atoms with Crippen LogP contribution in [0.4, 0.5) is 29.7 Å². The maximum atomic E-state index is 14.6. The summed E-state index contributed by atoms with van der Waals surface area (Å²) in [6, 6.07) is 7.50. The second-order valence-electron chi connectivity index (χ2n) is 8.67. The van der Waals surface area contributed by atoms with Crippen LogP contribution in [0.3, 0.4) is 0 Å². The van der Waals surface area contributed by atoms with Gasteiger partial charge < -0.3 is 29.4 Å². The van der Waals surface area contributed by atoms with Crippen LogP contribution >= 0.6 is 0 Å². The zero-order chi connectivity index (χ0) is 28.1. The molecule has 2 aliphatic heterocycles. The monoisotopic (exact) mass is 545 g/mol. The molecule has 0 aliphatic carbocycles. The largest absolute Gasteiger partial charge is 0.658 e. The average Bonchev–Trinajstić information content (AvgIpc) is 3.45. The van der Waals surface area contributed by atoms with Crippen molar-refractivity contribution in [2.75, 3.05) is 36.0 Å². The smallest absolute Gasteiger partial charge is 0.524 e. The molecular weight excluding hydrogens is 521 g/mol. The fourth-order valence-electron chi connectivity index (χ4n) is 3.83. The molecule has 2 unspecified atom stereocenters. The Morgan fingerprint density at radius 2 is 1.26 bits per heavy atom. The number of carbonyl (C=O) groups excluding carboxylic acids is 4. The van der Waals surface area contributed by atoms with Crippen LogP contribution in [0, 0.1) is 11.6 Å². The lowest BCUT2D eigenvalue weighted by Gasteiger charge is -2.15. The van der Waals surface area contributed by atoms with Gasteiger partial charge in [-0.05, 0) is 24.3 Å². The number of anilines is 2. The summed E-state index contributed by atoms with van der Waals surface area (Å²) in [7, 11) is 0.733. The van der Waals surface area contributed by atoms with Crippen molar-refractivity contribution in [1.82, 2.24) is 10.6 Å². The van der Waals surface area contributed by atoms with Gasteiger partial charge in [0.25, 0.3) is 0 Å². The zero-order valence-electron chi connectivity index (χ0n) is 20.9. The third kappa shape index (κ3) is 6.86. The number of benzene rings is 2. The van der Waals surface area contributed by atoms with Gasteiger partial charge in [-0.25, -0.2) is 18.4 Å². The van der Waals surface area contributed by atoms with Gasteiger partial charge in [0.15, 0.2) is 11.6 Å². The lowest BCUT2D eigenvalue weighted by atomic mass is 10.2. The number of cyclic esters (lactones) is 2. The molecule has 4 rings (SSSR count). The first-order chi connectivity index (χ1) is 18.6. The van der Waals surface area contributed by atoms with Crippen LogP contribution in [0.15, 0.2) is 36.4 Å².